The highest BCUT2D eigenvalue weighted by molar-refractivity contribution is 5.76. The van der Waals surface area contributed by atoms with E-state index < -0.39 is 12.1 Å². The average Bonchev–Trinajstić information content (AvgIpc) is 3.43. The fraction of sp³-hybridized carbons (Fsp3) is 0.915. The number of amides is 1. The predicted molar refractivity (Wildman–Crippen MR) is 338 cm³/mol. The maximum Gasteiger partial charge on any atom is 0.305 e. The molecule has 0 saturated heterocycles. The largest absolute Gasteiger partial charge is 0.466 e. The molecule has 0 aliphatic carbocycles. The van der Waals surface area contributed by atoms with E-state index in [1.807, 2.05) is 6.08 Å². The number of allylic oxidation sites excluding steroid dienone is 3. The highest BCUT2D eigenvalue weighted by Gasteiger charge is 2.18. The molecule has 2 unspecified atom stereocenters. The quantitative estimate of drug-likeness (QED) is 0.0320. The standard InChI is InChI=1S/C71H137NO5/c1-3-5-7-9-11-13-15-16-17-18-19-20-21-25-28-31-34-37-40-44-47-51-55-59-63-69(74)68(67-73)72-70(75)64-60-56-52-48-45-41-38-35-32-29-26-23-22-24-27-30-33-36-39-42-46-50-54-58-62-66-77-71(76)65-61-57-53-49-43-14-12-10-8-6-4-2/h23,26,59,63,68-69,73-74H,3-22,24-25,27-58,60-62,64-67H2,1-2H3,(H,72,75)/b26-23-,63-59+. The first-order valence-electron chi connectivity index (χ1n) is 35.1. The third-order valence-corrected chi connectivity index (χ3v) is 16.5. The minimum atomic E-state index is -0.848. The lowest BCUT2D eigenvalue weighted by Gasteiger charge is -2.20. The molecular weight excluding hydrogens is 947 g/mol. The van der Waals surface area contributed by atoms with Crippen molar-refractivity contribution in [2.24, 2.45) is 0 Å². The summed E-state index contributed by atoms with van der Waals surface area (Å²) in [4.78, 5) is 24.5. The number of unbranched alkanes of at least 4 members (excludes halogenated alkanes) is 53. The molecule has 0 aromatic carbocycles. The lowest BCUT2D eigenvalue weighted by molar-refractivity contribution is -0.143. The third kappa shape index (κ3) is 63.4. The van der Waals surface area contributed by atoms with Crippen LogP contribution in [0.5, 0.6) is 0 Å². The van der Waals surface area contributed by atoms with Crippen molar-refractivity contribution in [1.82, 2.24) is 5.32 Å². The molecule has 0 aromatic rings. The third-order valence-electron chi connectivity index (χ3n) is 16.5. The van der Waals surface area contributed by atoms with Crippen LogP contribution in [0.2, 0.25) is 0 Å². The molecule has 2 atom stereocenters. The van der Waals surface area contributed by atoms with Crippen LogP contribution in [0.1, 0.15) is 393 Å². The van der Waals surface area contributed by atoms with E-state index in [2.05, 4.69) is 31.3 Å². The molecule has 6 nitrogen and oxygen atoms in total. The summed E-state index contributed by atoms with van der Waals surface area (Å²) in [5, 5.41) is 23.3. The SMILES string of the molecule is CCCCCCCCCCCCCCCCCCCCCCCC/C=C/C(O)C(CO)NC(=O)CCCCCCCCCCC/C=C\CCCCCCCCCCCCCCOC(=O)CCCCCCCCCCCCC. The second kappa shape index (κ2) is 66.8. The Morgan fingerprint density at radius 2 is 0.610 bits per heavy atom. The number of aliphatic hydroxyl groups excluding tert-OH is 2. The van der Waals surface area contributed by atoms with Crippen molar-refractivity contribution in [1.29, 1.82) is 0 Å². The van der Waals surface area contributed by atoms with Crippen molar-refractivity contribution in [2.75, 3.05) is 13.2 Å². The summed E-state index contributed by atoms with van der Waals surface area (Å²) < 4.78 is 5.47. The molecule has 0 aromatic heterocycles. The number of aliphatic hydroxyl groups is 2. The number of rotatable bonds is 66. The first kappa shape index (κ1) is 75.3. The highest BCUT2D eigenvalue weighted by Crippen LogP contribution is 2.19. The number of esters is 1. The lowest BCUT2D eigenvalue weighted by atomic mass is 10.0. The van der Waals surface area contributed by atoms with Gasteiger partial charge in [-0.2, -0.15) is 0 Å². The number of nitrogens with one attached hydrogen (secondary N) is 1. The van der Waals surface area contributed by atoms with Crippen LogP contribution >= 0.6 is 0 Å². The molecule has 0 radical (unpaired) electrons. The fourth-order valence-corrected chi connectivity index (χ4v) is 11.1. The van der Waals surface area contributed by atoms with Crippen LogP contribution in [0.4, 0.5) is 0 Å². The summed E-state index contributed by atoms with van der Waals surface area (Å²) in [7, 11) is 0. The van der Waals surface area contributed by atoms with E-state index in [4.69, 9.17) is 4.74 Å². The molecule has 456 valence electrons. The zero-order valence-electron chi connectivity index (χ0n) is 52.2. The summed E-state index contributed by atoms with van der Waals surface area (Å²) in [5.41, 5.74) is 0. The normalized spacial score (nSPS) is 12.6. The van der Waals surface area contributed by atoms with Crippen molar-refractivity contribution in [3.63, 3.8) is 0 Å². The zero-order valence-corrected chi connectivity index (χ0v) is 52.2. The molecule has 77 heavy (non-hydrogen) atoms. The Morgan fingerprint density at radius 3 is 0.922 bits per heavy atom. The molecule has 1 amide bonds. The van der Waals surface area contributed by atoms with Gasteiger partial charge in [0.2, 0.25) is 5.91 Å². The second-order valence-electron chi connectivity index (χ2n) is 24.2. The Kier molecular flexibility index (Phi) is 65.4. The fourth-order valence-electron chi connectivity index (χ4n) is 11.1. The van der Waals surface area contributed by atoms with Gasteiger partial charge in [0.05, 0.1) is 25.4 Å². The number of hydrogen-bond acceptors (Lipinski definition) is 5. The average molecular weight is 1080 g/mol. The van der Waals surface area contributed by atoms with Crippen molar-refractivity contribution in [3.8, 4) is 0 Å². The summed E-state index contributed by atoms with van der Waals surface area (Å²) >= 11 is 0. The Balaban J connectivity index is 3.43. The topological polar surface area (TPSA) is 95.9 Å². The van der Waals surface area contributed by atoms with Gasteiger partial charge in [0.15, 0.2) is 0 Å². The Morgan fingerprint density at radius 1 is 0.351 bits per heavy atom. The molecule has 0 bridgehead atoms. The minimum Gasteiger partial charge on any atom is -0.466 e. The van der Waals surface area contributed by atoms with Crippen molar-refractivity contribution < 1.29 is 24.5 Å². The molecule has 0 aliphatic rings. The zero-order chi connectivity index (χ0) is 55.7. The smallest absolute Gasteiger partial charge is 0.305 e. The van der Waals surface area contributed by atoms with Crippen molar-refractivity contribution >= 4 is 11.9 Å². The molecule has 0 heterocycles. The van der Waals surface area contributed by atoms with Gasteiger partial charge >= 0.3 is 5.97 Å². The van der Waals surface area contributed by atoms with Gasteiger partial charge < -0.3 is 20.3 Å². The summed E-state index contributed by atoms with van der Waals surface area (Å²) in [6.07, 6.45) is 84.0. The molecule has 0 fully saturated rings. The van der Waals surface area contributed by atoms with E-state index in [0.717, 1.165) is 38.5 Å². The molecule has 6 heteroatoms. The van der Waals surface area contributed by atoms with Crippen LogP contribution in [0.3, 0.4) is 0 Å². The van der Waals surface area contributed by atoms with E-state index in [1.54, 1.807) is 6.08 Å². The predicted octanol–water partition coefficient (Wildman–Crippen LogP) is 22.5. The first-order chi connectivity index (χ1) is 38.0. The van der Waals surface area contributed by atoms with Crippen molar-refractivity contribution in [3.05, 3.63) is 24.3 Å². The van der Waals surface area contributed by atoms with E-state index in [1.165, 1.54) is 327 Å². The first-order valence-corrected chi connectivity index (χ1v) is 35.1. The van der Waals surface area contributed by atoms with Crippen molar-refractivity contribution in [2.45, 2.75) is 405 Å². The Hall–Kier alpha value is -1.66. The molecule has 0 spiro atoms. The van der Waals surface area contributed by atoms with Gasteiger partial charge in [-0.15, -0.1) is 0 Å². The number of carbonyl (C=O) groups is 2. The number of carbonyl (C=O) groups excluding carboxylic acids is 2. The van der Waals surface area contributed by atoms with Gasteiger partial charge in [-0.25, -0.2) is 0 Å². The van der Waals surface area contributed by atoms with E-state index in [9.17, 15) is 19.8 Å². The van der Waals surface area contributed by atoms with E-state index in [-0.39, 0.29) is 18.5 Å². The van der Waals surface area contributed by atoms with Crippen LogP contribution in [0.25, 0.3) is 0 Å². The van der Waals surface area contributed by atoms with Crippen LogP contribution in [0.15, 0.2) is 24.3 Å². The molecule has 0 aliphatic heterocycles. The molecule has 0 rings (SSSR count). The summed E-state index contributed by atoms with van der Waals surface area (Å²) in [6.45, 7) is 4.94. The van der Waals surface area contributed by atoms with Gasteiger partial charge in [-0.1, -0.05) is 346 Å². The number of ether oxygens (including phenoxy) is 1. The maximum atomic E-state index is 12.5. The Labute approximate surface area is 481 Å². The second-order valence-corrected chi connectivity index (χ2v) is 24.2. The van der Waals surface area contributed by atoms with Gasteiger partial charge in [-0.3, -0.25) is 9.59 Å². The molecule has 3 N–H and O–H groups in total. The number of hydrogen-bond donors (Lipinski definition) is 3. The lowest BCUT2D eigenvalue weighted by Crippen LogP contribution is -2.45. The van der Waals surface area contributed by atoms with Crippen LogP contribution in [0, 0.1) is 0 Å². The summed E-state index contributed by atoms with van der Waals surface area (Å²) in [5.74, 6) is -0.0532. The van der Waals surface area contributed by atoms with E-state index in [0.29, 0.717) is 19.4 Å². The van der Waals surface area contributed by atoms with Gasteiger partial charge in [0.1, 0.15) is 0 Å². The molecular formula is C71H137NO5. The monoisotopic (exact) mass is 1080 g/mol. The van der Waals surface area contributed by atoms with E-state index >= 15 is 0 Å². The molecule has 0 saturated carbocycles. The highest BCUT2D eigenvalue weighted by atomic mass is 16.5. The van der Waals surface area contributed by atoms with Gasteiger partial charge in [-0.05, 0) is 57.8 Å². The van der Waals surface area contributed by atoms with Gasteiger partial charge in [0.25, 0.3) is 0 Å². The minimum absolute atomic E-state index is 0.0134. The van der Waals surface area contributed by atoms with Crippen LogP contribution < -0.4 is 5.32 Å². The summed E-state index contributed by atoms with van der Waals surface area (Å²) in [6, 6.07) is -0.631. The Bertz CT molecular complexity index is 1200. The van der Waals surface area contributed by atoms with Gasteiger partial charge in [0, 0.05) is 12.8 Å². The van der Waals surface area contributed by atoms with Crippen LogP contribution in [-0.4, -0.2) is 47.4 Å². The maximum absolute atomic E-state index is 12.5. The van der Waals surface area contributed by atoms with Crippen LogP contribution in [-0.2, 0) is 14.3 Å².